The molecular weight excluding hydrogens is 264 g/mol. The van der Waals surface area contributed by atoms with Crippen molar-refractivity contribution in [2.24, 2.45) is 0 Å². The normalized spacial score (nSPS) is 10.3. The van der Waals surface area contributed by atoms with Crippen molar-refractivity contribution in [1.82, 2.24) is 9.97 Å². The number of anilines is 2. The van der Waals surface area contributed by atoms with Crippen LogP contribution in [0.25, 0.3) is 0 Å². The predicted molar refractivity (Wildman–Crippen MR) is 86.1 cm³/mol. The lowest BCUT2D eigenvalue weighted by atomic mass is 10.1. The second-order valence-corrected chi connectivity index (χ2v) is 4.80. The molecule has 0 saturated heterocycles. The molecule has 2 rings (SSSR count). The monoisotopic (exact) mass is 286 g/mol. The fourth-order valence-corrected chi connectivity index (χ4v) is 2.44. The van der Waals surface area contributed by atoms with Crippen LogP contribution in [-0.2, 0) is 13.0 Å². The highest BCUT2D eigenvalue weighted by molar-refractivity contribution is 5.58. The fourth-order valence-electron chi connectivity index (χ4n) is 2.44. The van der Waals surface area contributed by atoms with Crippen molar-refractivity contribution in [3.63, 3.8) is 0 Å². The Morgan fingerprint density at radius 3 is 2.67 bits per heavy atom. The molecule has 0 bridgehead atoms. The van der Waals surface area contributed by atoms with Crippen molar-refractivity contribution in [1.29, 1.82) is 0 Å². The van der Waals surface area contributed by atoms with E-state index in [0.717, 1.165) is 41.5 Å². The minimum atomic E-state index is 0.733. The van der Waals surface area contributed by atoms with Crippen LogP contribution in [0.4, 0.5) is 11.6 Å². The van der Waals surface area contributed by atoms with Crippen molar-refractivity contribution in [2.45, 2.75) is 19.9 Å². The molecule has 0 aliphatic carbocycles. The zero-order chi connectivity index (χ0) is 15.2. The number of hydrogen-bond donors (Lipinski definition) is 1. The van der Waals surface area contributed by atoms with Crippen LogP contribution >= 0.6 is 0 Å². The van der Waals surface area contributed by atoms with Gasteiger partial charge in [-0.15, -0.1) is 0 Å². The molecule has 1 aromatic heterocycles. The van der Waals surface area contributed by atoms with E-state index in [2.05, 4.69) is 33.2 Å². The Balaban J connectivity index is 2.30. The molecular formula is C16H22N4O. The number of benzene rings is 1. The molecule has 1 N–H and O–H groups in total. The fraction of sp³-hybridized carbons (Fsp3) is 0.375. The molecule has 0 aliphatic heterocycles. The van der Waals surface area contributed by atoms with Gasteiger partial charge >= 0.3 is 0 Å². The maximum Gasteiger partial charge on any atom is 0.137 e. The van der Waals surface area contributed by atoms with Gasteiger partial charge < -0.3 is 15.0 Å². The van der Waals surface area contributed by atoms with Gasteiger partial charge in [-0.3, -0.25) is 0 Å². The zero-order valence-electron chi connectivity index (χ0n) is 13.1. The lowest BCUT2D eigenvalue weighted by molar-refractivity contribution is 0.409. The minimum Gasteiger partial charge on any atom is -0.496 e. The summed E-state index contributed by atoms with van der Waals surface area (Å²) in [6.45, 7) is 2.84. The molecule has 21 heavy (non-hydrogen) atoms. The van der Waals surface area contributed by atoms with Crippen LogP contribution in [0.5, 0.6) is 5.75 Å². The van der Waals surface area contributed by atoms with E-state index in [9.17, 15) is 0 Å². The first-order chi connectivity index (χ1) is 10.2. The van der Waals surface area contributed by atoms with Gasteiger partial charge in [-0.05, 0) is 12.5 Å². The van der Waals surface area contributed by atoms with E-state index in [1.165, 1.54) is 0 Å². The third-order valence-electron chi connectivity index (χ3n) is 3.47. The van der Waals surface area contributed by atoms with Crippen LogP contribution in [0.15, 0.2) is 30.6 Å². The molecule has 2 aromatic rings. The number of nitrogens with zero attached hydrogens (tertiary/aromatic N) is 3. The topological polar surface area (TPSA) is 50.3 Å². The largest absolute Gasteiger partial charge is 0.496 e. The van der Waals surface area contributed by atoms with Crippen molar-refractivity contribution in [3.8, 4) is 5.75 Å². The number of ether oxygens (including phenoxy) is 1. The summed E-state index contributed by atoms with van der Waals surface area (Å²) in [5, 5.41) is 3.13. The number of aromatic nitrogens is 2. The maximum absolute atomic E-state index is 5.41. The number of hydrogen-bond acceptors (Lipinski definition) is 5. The van der Waals surface area contributed by atoms with E-state index >= 15 is 0 Å². The molecule has 0 fully saturated rings. The molecule has 0 amide bonds. The van der Waals surface area contributed by atoms with Crippen molar-refractivity contribution in [3.05, 3.63) is 41.7 Å². The van der Waals surface area contributed by atoms with Gasteiger partial charge in [-0.1, -0.05) is 25.1 Å². The number of para-hydroxylation sites is 1. The van der Waals surface area contributed by atoms with Gasteiger partial charge in [0.05, 0.1) is 7.11 Å². The summed E-state index contributed by atoms with van der Waals surface area (Å²) in [5.74, 6) is 2.72. The second-order valence-electron chi connectivity index (χ2n) is 4.80. The van der Waals surface area contributed by atoms with Crippen LogP contribution in [0.2, 0.25) is 0 Å². The molecule has 5 nitrogen and oxygen atoms in total. The first-order valence-electron chi connectivity index (χ1n) is 7.05. The standard InChI is InChI=1S/C16H22N4O/c1-5-13-15(17-2)18-11-19-16(13)20(3)10-12-8-6-7-9-14(12)21-4/h6-9,11H,5,10H2,1-4H3,(H,17,18,19). The lowest BCUT2D eigenvalue weighted by Crippen LogP contribution is -2.20. The molecule has 112 valence electrons. The summed E-state index contributed by atoms with van der Waals surface area (Å²) in [6.07, 6.45) is 2.47. The molecule has 1 aromatic carbocycles. The molecule has 0 unspecified atom stereocenters. The first kappa shape index (κ1) is 15.1. The van der Waals surface area contributed by atoms with Crippen molar-refractivity contribution < 1.29 is 4.74 Å². The quantitative estimate of drug-likeness (QED) is 0.885. The highest BCUT2D eigenvalue weighted by Crippen LogP contribution is 2.26. The summed E-state index contributed by atoms with van der Waals surface area (Å²) in [6, 6.07) is 8.04. The van der Waals surface area contributed by atoms with Gasteiger partial charge in [-0.2, -0.15) is 0 Å². The zero-order valence-corrected chi connectivity index (χ0v) is 13.1. The van der Waals surface area contributed by atoms with Gasteiger partial charge in [0, 0.05) is 31.8 Å². The number of rotatable bonds is 6. The van der Waals surface area contributed by atoms with Gasteiger partial charge in [0.15, 0.2) is 0 Å². The van der Waals surface area contributed by atoms with Crippen LogP contribution < -0.4 is 15.0 Å². The van der Waals surface area contributed by atoms with Crippen LogP contribution in [0, 0.1) is 0 Å². The van der Waals surface area contributed by atoms with Crippen LogP contribution in [-0.4, -0.2) is 31.2 Å². The maximum atomic E-state index is 5.41. The Morgan fingerprint density at radius 1 is 1.24 bits per heavy atom. The molecule has 0 radical (unpaired) electrons. The number of methoxy groups -OCH3 is 1. The smallest absolute Gasteiger partial charge is 0.137 e. The Labute approximate surface area is 126 Å². The summed E-state index contributed by atoms with van der Waals surface area (Å²) in [7, 11) is 5.61. The molecule has 1 heterocycles. The van der Waals surface area contributed by atoms with Crippen LogP contribution in [0.1, 0.15) is 18.1 Å². The molecule has 0 spiro atoms. The van der Waals surface area contributed by atoms with E-state index in [1.807, 2.05) is 32.3 Å². The van der Waals surface area contributed by atoms with Gasteiger partial charge in [0.1, 0.15) is 23.7 Å². The third-order valence-corrected chi connectivity index (χ3v) is 3.47. The third kappa shape index (κ3) is 3.24. The van der Waals surface area contributed by atoms with E-state index in [1.54, 1.807) is 13.4 Å². The average Bonchev–Trinajstić information content (AvgIpc) is 2.54. The summed E-state index contributed by atoms with van der Waals surface area (Å²) in [5.41, 5.74) is 2.26. The highest BCUT2D eigenvalue weighted by atomic mass is 16.5. The Hall–Kier alpha value is -2.30. The van der Waals surface area contributed by atoms with Gasteiger partial charge in [0.25, 0.3) is 0 Å². The van der Waals surface area contributed by atoms with E-state index in [0.29, 0.717) is 0 Å². The highest BCUT2D eigenvalue weighted by Gasteiger charge is 2.14. The Morgan fingerprint density at radius 2 is 2.00 bits per heavy atom. The lowest BCUT2D eigenvalue weighted by Gasteiger charge is -2.23. The Kier molecular flexibility index (Phi) is 4.98. The second kappa shape index (κ2) is 6.92. The number of nitrogens with one attached hydrogen (secondary N) is 1. The van der Waals surface area contributed by atoms with Gasteiger partial charge in [0.2, 0.25) is 0 Å². The molecule has 0 atom stereocenters. The van der Waals surface area contributed by atoms with E-state index in [4.69, 9.17) is 4.74 Å². The minimum absolute atomic E-state index is 0.733. The van der Waals surface area contributed by atoms with E-state index < -0.39 is 0 Å². The Bertz CT molecular complexity index is 601. The summed E-state index contributed by atoms with van der Waals surface area (Å²) < 4.78 is 5.41. The van der Waals surface area contributed by atoms with E-state index in [-0.39, 0.29) is 0 Å². The molecule has 0 saturated carbocycles. The predicted octanol–water partition coefficient (Wildman–Crippen LogP) is 2.73. The average molecular weight is 286 g/mol. The summed E-state index contributed by atoms with van der Waals surface area (Å²) >= 11 is 0. The summed E-state index contributed by atoms with van der Waals surface area (Å²) in [4.78, 5) is 10.8. The van der Waals surface area contributed by atoms with Crippen molar-refractivity contribution in [2.75, 3.05) is 31.4 Å². The van der Waals surface area contributed by atoms with Crippen LogP contribution in [0.3, 0.4) is 0 Å². The van der Waals surface area contributed by atoms with Gasteiger partial charge in [-0.25, -0.2) is 9.97 Å². The first-order valence-corrected chi connectivity index (χ1v) is 7.05. The van der Waals surface area contributed by atoms with Crippen molar-refractivity contribution >= 4 is 11.6 Å². The molecule has 5 heteroatoms. The molecule has 0 aliphatic rings. The SMILES string of the molecule is CCc1c(NC)ncnc1N(C)Cc1ccccc1OC.